The van der Waals surface area contributed by atoms with Crippen LogP contribution in [0.3, 0.4) is 0 Å². The molecule has 0 unspecified atom stereocenters. The van der Waals surface area contributed by atoms with Crippen LogP contribution >= 0.6 is 11.3 Å². The number of nitrogens with one attached hydrogen (secondary N) is 1. The number of anilines is 1. The Morgan fingerprint density at radius 2 is 1.94 bits per heavy atom. The van der Waals surface area contributed by atoms with E-state index in [1.54, 1.807) is 17.4 Å². The van der Waals surface area contributed by atoms with Gasteiger partial charge in [-0.1, -0.05) is 6.07 Å². The fourth-order valence-electron chi connectivity index (χ4n) is 2.27. The average Bonchev–Trinajstić information content (AvgIpc) is 2.94. The molecule has 4 heteroatoms. The van der Waals surface area contributed by atoms with Crippen molar-refractivity contribution in [1.82, 2.24) is 5.32 Å². The van der Waals surface area contributed by atoms with Gasteiger partial charge in [0.05, 0.1) is 5.69 Å². The maximum Gasteiger partial charge on any atom is 0.146 e. The molecule has 1 fully saturated rings. The fraction of sp³-hybridized carbons (Fsp3) is 0.286. The second-order valence-electron chi connectivity index (χ2n) is 4.42. The Labute approximate surface area is 110 Å². The minimum Gasteiger partial charge on any atom is -0.367 e. The largest absolute Gasteiger partial charge is 0.367 e. The van der Waals surface area contributed by atoms with Gasteiger partial charge in [-0.25, -0.2) is 4.39 Å². The summed E-state index contributed by atoms with van der Waals surface area (Å²) in [6.07, 6.45) is 0. The number of hydrogen-bond acceptors (Lipinski definition) is 3. The normalized spacial score (nSPS) is 15.9. The van der Waals surface area contributed by atoms with Crippen LogP contribution in [-0.4, -0.2) is 26.2 Å². The molecule has 1 N–H and O–H groups in total. The van der Waals surface area contributed by atoms with E-state index >= 15 is 0 Å². The van der Waals surface area contributed by atoms with Crippen LogP contribution in [0.1, 0.15) is 0 Å². The topological polar surface area (TPSA) is 15.3 Å². The third-order valence-electron chi connectivity index (χ3n) is 3.26. The van der Waals surface area contributed by atoms with Gasteiger partial charge in [-0.05, 0) is 40.1 Å². The van der Waals surface area contributed by atoms with E-state index in [0.29, 0.717) is 0 Å². The van der Waals surface area contributed by atoms with Crippen LogP contribution in [-0.2, 0) is 0 Å². The molecule has 1 aromatic carbocycles. The highest BCUT2D eigenvalue weighted by Crippen LogP contribution is 2.28. The van der Waals surface area contributed by atoms with Gasteiger partial charge in [-0.15, -0.1) is 0 Å². The minimum absolute atomic E-state index is 0.129. The van der Waals surface area contributed by atoms with E-state index in [1.165, 1.54) is 0 Å². The number of hydrogen-bond donors (Lipinski definition) is 1. The van der Waals surface area contributed by atoms with Crippen LogP contribution in [0.4, 0.5) is 10.1 Å². The van der Waals surface area contributed by atoms with Crippen molar-refractivity contribution in [3.8, 4) is 11.1 Å². The molecule has 2 aromatic rings. The van der Waals surface area contributed by atoms with Gasteiger partial charge in [0.15, 0.2) is 0 Å². The molecule has 1 aliphatic heterocycles. The van der Waals surface area contributed by atoms with Crippen LogP contribution < -0.4 is 10.2 Å². The number of piperazine rings is 1. The van der Waals surface area contributed by atoms with Crippen LogP contribution in [0.15, 0.2) is 35.0 Å². The van der Waals surface area contributed by atoms with Crippen LogP contribution in [0.2, 0.25) is 0 Å². The van der Waals surface area contributed by atoms with Crippen molar-refractivity contribution in [2.45, 2.75) is 0 Å². The van der Waals surface area contributed by atoms with Crippen molar-refractivity contribution in [1.29, 1.82) is 0 Å². The maximum atomic E-state index is 13.9. The number of benzene rings is 1. The summed E-state index contributed by atoms with van der Waals surface area (Å²) in [4.78, 5) is 2.11. The lowest BCUT2D eigenvalue weighted by molar-refractivity contribution is 0.566. The van der Waals surface area contributed by atoms with E-state index in [-0.39, 0.29) is 5.82 Å². The molecule has 3 rings (SSSR count). The van der Waals surface area contributed by atoms with Crippen LogP contribution in [0.5, 0.6) is 0 Å². The van der Waals surface area contributed by atoms with E-state index in [4.69, 9.17) is 0 Å². The van der Waals surface area contributed by atoms with Crippen molar-refractivity contribution < 1.29 is 4.39 Å². The first-order valence-electron chi connectivity index (χ1n) is 6.12. The minimum atomic E-state index is -0.129. The van der Waals surface area contributed by atoms with Crippen molar-refractivity contribution in [2.24, 2.45) is 0 Å². The van der Waals surface area contributed by atoms with Gasteiger partial charge in [0.2, 0.25) is 0 Å². The summed E-state index contributed by atoms with van der Waals surface area (Å²) in [7, 11) is 0. The summed E-state index contributed by atoms with van der Waals surface area (Å²) < 4.78 is 13.9. The molecular weight excluding hydrogens is 247 g/mol. The first-order valence-corrected chi connectivity index (χ1v) is 7.07. The van der Waals surface area contributed by atoms with Gasteiger partial charge in [-0.3, -0.25) is 0 Å². The smallest absolute Gasteiger partial charge is 0.146 e. The SMILES string of the molecule is Fc1ccc(-c2ccsc2)cc1N1CCNCC1. The molecule has 0 amide bonds. The lowest BCUT2D eigenvalue weighted by Gasteiger charge is -2.30. The molecule has 2 heterocycles. The highest BCUT2D eigenvalue weighted by molar-refractivity contribution is 7.08. The monoisotopic (exact) mass is 262 g/mol. The Bertz CT molecular complexity index is 519. The summed E-state index contributed by atoms with van der Waals surface area (Å²) in [6, 6.07) is 7.45. The Hall–Kier alpha value is -1.39. The predicted octanol–water partition coefficient (Wildman–Crippen LogP) is 2.96. The van der Waals surface area contributed by atoms with Gasteiger partial charge < -0.3 is 10.2 Å². The summed E-state index contributed by atoms with van der Waals surface area (Å²) in [5.74, 6) is -0.129. The Balaban J connectivity index is 1.95. The molecule has 1 saturated heterocycles. The van der Waals surface area contributed by atoms with Crippen LogP contribution in [0, 0.1) is 5.82 Å². The zero-order valence-electron chi connectivity index (χ0n) is 10.0. The van der Waals surface area contributed by atoms with Crippen molar-refractivity contribution in [3.63, 3.8) is 0 Å². The van der Waals surface area contributed by atoms with Gasteiger partial charge >= 0.3 is 0 Å². The first kappa shape index (κ1) is 11.7. The molecule has 2 nitrogen and oxygen atoms in total. The second kappa shape index (κ2) is 5.08. The summed E-state index contributed by atoms with van der Waals surface area (Å²) in [5.41, 5.74) is 2.97. The molecule has 0 bridgehead atoms. The zero-order valence-corrected chi connectivity index (χ0v) is 10.8. The van der Waals surface area contributed by atoms with E-state index in [9.17, 15) is 4.39 Å². The third-order valence-corrected chi connectivity index (χ3v) is 3.94. The first-order chi connectivity index (χ1) is 8.84. The molecule has 0 radical (unpaired) electrons. The van der Waals surface area contributed by atoms with E-state index in [0.717, 1.165) is 43.0 Å². The molecule has 0 saturated carbocycles. The predicted molar refractivity (Wildman–Crippen MR) is 74.8 cm³/mol. The van der Waals surface area contributed by atoms with Gasteiger partial charge in [0, 0.05) is 26.2 Å². The fourth-order valence-corrected chi connectivity index (χ4v) is 2.93. The Morgan fingerprint density at radius 3 is 2.67 bits per heavy atom. The Kier molecular flexibility index (Phi) is 3.30. The molecule has 1 aliphatic rings. The summed E-state index contributed by atoms with van der Waals surface area (Å²) >= 11 is 1.66. The average molecular weight is 262 g/mol. The number of thiophene rings is 1. The van der Waals surface area contributed by atoms with Crippen molar-refractivity contribution >= 4 is 17.0 Å². The molecule has 1 aromatic heterocycles. The quantitative estimate of drug-likeness (QED) is 0.895. The highest BCUT2D eigenvalue weighted by atomic mass is 32.1. The molecule has 94 valence electrons. The van der Waals surface area contributed by atoms with Crippen molar-refractivity contribution in [2.75, 3.05) is 31.1 Å². The van der Waals surface area contributed by atoms with Gasteiger partial charge in [0.1, 0.15) is 5.82 Å². The lowest BCUT2D eigenvalue weighted by Crippen LogP contribution is -2.43. The summed E-state index contributed by atoms with van der Waals surface area (Å²) in [6.45, 7) is 3.57. The number of nitrogens with zero attached hydrogens (tertiary/aromatic N) is 1. The van der Waals surface area contributed by atoms with E-state index in [2.05, 4.69) is 21.7 Å². The highest BCUT2D eigenvalue weighted by Gasteiger charge is 2.15. The molecule has 0 aliphatic carbocycles. The third kappa shape index (κ3) is 2.26. The maximum absolute atomic E-state index is 13.9. The van der Waals surface area contributed by atoms with E-state index < -0.39 is 0 Å². The number of halogens is 1. The lowest BCUT2D eigenvalue weighted by atomic mass is 10.1. The molecule has 0 atom stereocenters. The standard InChI is InChI=1S/C14H15FN2S/c15-13-2-1-11(12-3-8-18-10-12)9-14(13)17-6-4-16-5-7-17/h1-3,8-10,16H,4-7H2. The van der Waals surface area contributed by atoms with E-state index in [1.807, 2.05) is 17.5 Å². The molecule has 18 heavy (non-hydrogen) atoms. The Morgan fingerprint density at radius 1 is 1.11 bits per heavy atom. The molecule has 0 spiro atoms. The second-order valence-corrected chi connectivity index (χ2v) is 5.20. The van der Waals surface area contributed by atoms with Gasteiger partial charge in [-0.2, -0.15) is 11.3 Å². The molecular formula is C14H15FN2S. The summed E-state index contributed by atoms with van der Waals surface area (Å²) in [5, 5.41) is 7.42. The van der Waals surface area contributed by atoms with Crippen molar-refractivity contribution in [3.05, 3.63) is 40.8 Å². The van der Waals surface area contributed by atoms with Crippen LogP contribution in [0.25, 0.3) is 11.1 Å². The zero-order chi connectivity index (χ0) is 12.4. The number of rotatable bonds is 2. The van der Waals surface area contributed by atoms with Gasteiger partial charge in [0.25, 0.3) is 0 Å².